The fourth-order valence-electron chi connectivity index (χ4n) is 1.03. The van der Waals surface area contributed by atoms with Gasteiger partial charge in [-0.25, -0.2) is 0 Å². The van der Waals surface area contributed by atoms with Crippen LogP contribution >= 0.6 is 0 Å². The highest BCUT2D eigenvalue weighted by Gasteiger charge is 2.14. The molecular formula is C9H10O3. The Hall–Kier alpha value is -1.22. The summed E-state index contributed by atoms with van der Waals surface area (Å²) < 4.78 is 0. The lowest BCUT2D eigenvalue weighted by atomic mass is 9.99. The molecule has 0 aromatic heterocycles. The number of allylic oxidation sites excluding steroid dienone is 3. The molecule has 0 radical (unpaired) electrons. The van der Waals surface area contributed by atoms with E-state index in [0.717, 1.165) is 0 Å². The molecule has 1 atom stereocenters. The normalized spacial score (nSPS) is 19.3. The zero-order chi connectivity index (χ0) is 9.14. The molecule has 0 saturated carbocycles. The van der Waals surface area contributed by atoms with E-state index >= 15 is 0 Å². The second-order valence-electron chi connectivity index (χ2n) is 2.82. The smallest absolute Gasteiger partial charge is 0.182 e. The number of rotatable bonds is 2. The fourth-order valence-corrected chi connectivity index (χ4v) is 1.03. The first-order chi connectivity index (χ1) is 5.59. The molecule has 64 valence electrons. The van der Waals surface area contributed by atoms with E-state index in [1.165, 1.54) is 18.2 Å². The van der Waals surface area contributed by atoms with Gasteiger partial charge in [0.25, 0.3) is 0 Å². The molecule has 3 heteroatoms. The maximum Gasteiger partial charge on any atom is 0.182 e. The van der Waals surface area contributed by atoms with E-state index in [-0.39, 0.29) is 18.0 Å². The summed E-state index contributed by atoms with van der Waals surface area (Å²) in [4.78, 5) is 21.9. The molecule has 0 saturated heterocycles. The topological polar surface area (TPSA) is 54.4 Å². The van der Waals surface area contributed by atoms with Crippen molar-refractivity contribution in [1.82, 2.24) is 0 Å². The number of aliphatic hydroxyl groups excluding tert-OH is 1. The van der Waals surface area contributed by atoms with Crippen molar-refractivity contribution in [3.8, 4) is 0 Å². The van der Waals surface area contributed by atoms with Gasteiger partial charge in [0.05, 0.1) is 6.10 Å². The third-order valence-electron chi connectivity index (χ3n) is 1.55. The van der Waals surface area contributed by atoms with Crippen molar-refractivity contribution in [2.75, 3.05) is 0 Å². The molecule has 0 aromatic carbocycles. The molecule has 0 heterocycles. The fraction of sp³-hybridized carbons (Fsp3) is 0.333. The van der Waals surface area contributed by atoms with E-state index in [1.807, 2.05) is 0 Å². The number of hydrogen-bond donors (Lipinski definition) is 1. The predicted octanol–water partition coefficient (Wildman–Crippen LogP) is 0.392. The SMILES string of the molecule is CC(O)CC1=CC(=O)C=CC1=O. The summed E-state index contributed by atoms with van der Waals surface area (Å²) in [6.07, 6.45) is 3.40. The molecule has 0 spiro atoms. The maximum absolute atomic E-state index is 11.1. The van der Waals surface area contributed by atoms with Gasteiger partial charge in [0.15, 0.2) is 11.6 Å². The molecule has 1 aliphatic rings. The molecule has 0 aromatic rings. The summed E-state index contributed by atoms with van der Waals surface area (Å²) in [5.41, 5.74) is 0.387. The summed E-state index contributed by atoms with van der Waals surface area (Å²) in [5, 5.41) is 8.98. The number of aliphatic hydroxyl groups is 1. The highest BCUT2D eigenvalue weighted by molar-refractivity contribution is 6.17. The predicted molar refractivity (Wildman–Crippen MR) is 43.5 cm³/mol. The van der Waals surface area contributed by atoms with E-state index in [4.69, 9.17) is 5.11 Å². The average Bonchev–Trinajstić information content (AvgIpc) is 1.96. The van der Waals surface area contributed by atoms with Crippen molar-refractivity contribution in [3.63, 3.8) is 0 Å². The lowest BCUT2D eigenvalue weighted by Crippen LogP contribution is -2.12. The molecular weight excluding hydrogens is 156 g/mol. The van der Waals surface area contributed by atoms with Gasteiger partial charge in [0.1, 0.15) is 0 Å². The van der Waals surface area contributed by atoms with E-state index in [9.17, 15) is 9.59 Å². The minimum Gasteiger partial charge on any atom is -0.393 e. The van der Waals surface area contributed by atoms with Crippen LogP contribution in [0.1, 0.15) is 13.3 Å². The van der Waals surface area contributed by atoms with Gasteiger partial charge in [0.2, 0.25) is 0 Å². The molecule has 0 aliphatic heterocycles. The Labute approximate surface area is 70.4 Å². The van der Waals surface area contributed by atoms with E-state index in [2.05, 4.69) is 0 Å². The lowest BCUT2D eigenvalue weighted by Gasteiger charge is -2.07. The van der Waals surface area contributed by atoms with Crippen molar-refractivity contribution in [3.05, 3.63) is 23.8 Å². The number of hydrogen-bond acceptors (Lipinski definition) is 3. The molecule has 3 nitrogen and oxygen atoms in total. The molecule has 0 bridgehead atoms. The zero-order valence-electron chi connectivity index (χ0n) is 6.78. The molecule has 1 N–H and O–H groups in total. The first-order valence-corrected chi connectivity index (χ1v) is 3.74. The quantitative estimate of drug-likeness (QED) is 0.604. The van der Waals surface area contributed by atoms with Gasteiger partial charge in [-0.1, -0.05) is 0 Å². The molecule has 12 heavy (non-hydrogen) atoms. The van der Waals surface area contributed by atoms with Gasteiger partial charge in [-0.05, 0) is 25.2 Å². The van der Waals surface area contributed by atoms with Crippen LogP contribution in [0.2, 0.25) is 0 Å². The standard InChI is InChI=1S/C9H10O3/c1-6(10)4-7-5-8(11)2-3-9(7)12/h2-3,5-6,10H,4H2,1H3. The zero-order valence-corrected chi connectivity index (χ0v) is 6.78. The van der Waals surface area contributed by atoms with Crippen molar-refractivity contribution in [1.29, 1.82) is 0 Å². The van der Waals surface area contributed by atoms with Gasteiger partial charge in [-0.15, -0.1) is 0 Å². The second-order valence-corrected chi connectivity index (χ2v) is 2.82. The molecule has 1 aliphatic carbocycles. The molecule has 1 rings (SSSR count). The Kier molecular flexibility index (Phi) is 2.55. The minimum absolute atomic E-state index is 0.185. The Morgan fingerprint density at radius 3 is 2.67 bits per heavy atom. The third-order valence-corrected chi connectivity index (χ3v) is 1.55. The van der Waals surface area contributed by atoms with Crippen molar-refractivity contribution < 1.29 is 14.7 Å². The Morgan fingerprint density at radius 2 is 2.08 bits per heavy atom. The van der Waals surface area contributed by atoms with E-state index in [1.54, 1.807) is 6.92 Å². The number of carbonyl (C=O) groups excluding carboxylic acids is 2. The second kappa shape index (κ2) is 3.45. The van der Waals surface area contributed by atoms with Crippen LogP contribution in [0, 0.1) is 0 Å². The highest BCUT2D eigenvalue weighted by Crippen LogP contribution is 2.11. The largest absolute Gasteiger partial charge is 0.393 e. The monoisotopic (exact) mass is 166 g/mol. The Morgan fingerprint density at radius 1 is 1.42 bits per heavy atom. The Balaban J connectivity index is 2.75. The van der Waals surface area contributed by atoms with Crippen LogP contribution in [0.5, 0.6) is 0 Å². The molecule has 0 fully saturated rings. The summed E-state index contributed by atoms with van der Waals surface area (Å²) >= 11 is 0. The van der Waals surface area contributed by atoms with Gasteiger partial charge in [0, 0.05) is 12.0 Å². The number of carbonyl (C=O) groups is 2. The summed E-state index contributed by atoms with van der Waals surface area (Å²) in [6, 6.07) is 0. The lowest BCUT2D eigenvalue weighted by molar-refractivity contribution is -0.114. The minimum atomic E-state index is -0.584. The summed E-state index contributed by atoms with van der Waals surface area (Å²) in [6.45, 7) is 1.58. The summed E-state index contributed by atoms with van der Waals surface area (Å²) in [5.74, 6) is -0.374. The van der Waals surface area contributed by atoms with Gasteiger partial charge in [-0.2, -0.15) is 0 Å². The molecule has 0 amide bonds. The maximum atomic E-state index is 11.1. The van der Waals surface area contributed by atoms with Crippen LogP contribution < -0.4 is 0 Å². The average molecular weight is 166 g/mol. The highest BCUT2D eigenvalue weighted by atomic mass is 16.3. The first kappa shape index (κ1) is 8.87. The van der Waals surface area contributed by atoms with Gasteiger partial charge in [-0.3, -0.25) is 9.59 Å². The van der Waals surface area contributed by atoms with Crippen LogP contribution in [0.4, 0.5) is 0 Å². The van der Waals surface area contributed by atoms with E-state index < -0.39 is 6.10 Å². The van der Waals surface area contributed by atoms with Crippen LogP contribution in [0.3, 0.4) is 0 Å². The van der Waals surface area contributed by atoms with Crippen molar-refractivity contribution in [2.24, 2.45) is 0 Å². The number of ketones is 2. The first-order valence-electron chi connectivity index (χ1n) is 3.74. The third kappa shape index (κ3) is 2.13. The van der Waals surface area contributed by atoms with Crippen molar-refractivity contribution in [2.45, 2.75) is 19.4 Å². The van der Waals surface area contributed by atoms with Gasteiger partial charge < -0.3 is 5.11 Å². The van der Waals surface area contributed by atoms with Crippen LogP contribution in [-0.2, 0) is 9.59 Å². The Bertz CT molecular complexity index is 271. The van der Waals surface area contributed by atoms with Crippen LogP contribution in [-0.4, -0.2) is 22.8 Å². The molecule has 1 unspecified atom stereocenters. The van der Waals surface area contributed by atoms with Gasteiger partial charge >= 0.3 is 0 Å². The van der Waals surface area contributed by atoms with Crippen LogP contribution in [0.25, 0.3) is 0 Å². The van der Waals surface area contributed by atoms with Crippen LogP contribution in [0.15, 0.2) is 23.8 Å². The van der Waals surface area contributed by atoms with E-state index in [0.29, 0.717) is 5.57 Å². The summed E-state index contributed by atoms with van der Waals surface area (Å²) in [7, 11) is 0. The van der Waals surface area contributed by atoms with Crippen molar-refractivity contribution >= 4 is 11.6 Å².